The third-order valence-electron chi connectivity index (χ3n) is 3.26. The Labute approximate surface area is 114 Å². The number of aliphatic hydroxyl groups excluding tert-OH is 3. The fourth-order valence-corrected chi connectivity index (χ4v) is 2.79. The third kappa shape index (κ3) is 2.42. The summed E-state index contributed by atoms with van der Waals surface area (Å²) in [6, 6.07) is 0. The van der Waals surface area contributed by atoms with E-state index in [9.17, 15) is 15.3 Å². The highest BCUT2D eigenvalue weighted by atomic mass is 32.1. The quantitative estimate of drug-likeness (QED) is 0.635. The van der Waals surface area contributed by atoms with Gasteiger partial charge in [-0.2, -0.15) is 0 Å². The molecule has 0 amide bonds. The second-order valence-corrected chi connectivity index (χ2v) is 5.77. The van der Waals surface area contributed by atoms with Crippen LogP contribution in [0.2, 0.25) is 0 Å². The van der Waals surface area contributed by atoms with Gasteiger partial charge in [-0.25, -0.2) is 9.97 Å². The molecule has 2 aromatic heterocycles. The van der Waals surface area contributed by atoms with Gasteiger partial charge in [-0.05, 0) is 19.4 Å². The molecule has 0 aliphatic rings. The van der Waals surface area contributed by atoms with Gasteiger partial charge >= 0.3 is 0 Å². The van der Waals surface area contributed by atoms with E-state index in [4.69, 9.17) is 0 Å². The standard InChI is InChI=1S/C12H17N3O3S/c1-7-8(2)19-11-9(7)10(13-6-14-11)15-12(3-16,4-17)5-18/h6,16-18H,3-5H2,1-2H3,(H,13,14,15). The number of aromatic nitrogens is 2. The van der Waals surface area contributed by atoms with Crippen LogP contribution in [-0.4, -0.2) is 50.6 Å². The maximum atomic E-state index is 9.36. The fourth-order valence-electron chi connectivity index (χ4n) is 1.80. The van der Waals surface area contributed by atoms with Gasteiger partial charge in [0.25, 0.3) is 0 Å². The Bertz CT molecular complexity index is 573. The van der Waals surface area contributed by atoms with Crippen LogP contribution in [0.3, 0.4) is 0 Å². The van der Waals surface area contributed by atoms with Crippen LogP contribution in [-0.2, 0) is 0 Å². The van der Waals surface area contributed by atoms with Crippen molar-refractivity contribution in [1.82, 2.24) is 9.97 Å². The van der Waals surface area contributed by atoms with E-state index < -0.39 is 25.4 Å². The Morgan fingerprint density at radius 2 is 1.79 bits per heavy atom. The van der Waals surface area contributed by atoms with Crippen molar-refractivity contribution in [3.05, 3.63) is 16.8 Å². The summed E-state index contributed by atoms with van der Waals surface area (Å²) in [7, 11) is 0. The highest BCUT2D eigenvalue weighted by molar-refractivity contribution is 7.18. The molecule has 104 valence electrons. The molecule has 19 heavy (non-hydrogen) atoms. The first-order chi connectivity index (χ1) is 9.06. The molecule has 0 aliphatic heterocycles. The van der Waals surface area contributed by atoms with E-state index in [2.05, 4.69) is 15.3 Å². The zero-order chi connectivity index (χ0) is 14.0. The van der Waals surface area contributed by atoms with Gasteiger partial charge in [0.1, 0.15) is 22.5 Å². The van der Waals surface area contributed by atoms with E-state index in [1.807, 2.05) is 13.8 Å². The van der Waals surface area contributed by atoms with Gasteiger partial charge in [0.15, 0.2) is 0 Å². The number of hydrogen-bond acceptors (Lipinski definition) is 7. The first-order valence-corrected chi connectivity index (χ1v) is 6.70. The maximum Gasteiger partial charge on any atom is 0.139 e. The number of rotatable bonds is 5. The van der Waals surface area contributed by atoms with Gasteiger partial charge in [-0.15, -0.1) is 11.3 Å². The Kier molecular flexibility index (Phi) is 4.00. The van der Waals surface area contributed by atoms with Crippen molar-refractivity contribution in [3.8, 4) is 0 Å². The molecule has 0 saturated carbocycles. The summed E-state index contributed by atoms with van der Waals surface area (Å²) in [4.78, 5) is 10.4. The number of anilines is 1. The van der Waals surface area contributed by atoms with E-state index in [-0.39, 0.29) is 0 Å². The normalized spacial score (nSPS) is 12.1. The number of fused-ring (bicyclic) bond motifs is 1. The minimum absolute atomic E-state index is 0.395. The predicted molar refractivity (Wildman–Crippen MR) is 74.5 cm³/mol. The van der Waals surface area contributed by atoms with Crippen LogP contribution in [0.4, 0.5) is 5.82 Å². The molecule has 0 spiro atoms. The molecule has 0 bridgehead atoms. The monoisotopic (exact) mass is 283 g/mol. The van der Waals surface area contributed by atoms with Crippen LogP contribution in [0.15, 0.2) is 6.33 Å². The number of aryl methyl sites for hydroxylation is 2. The fraction of sp³-hybridized carbons (Fsp3) is 0.500. The third-order valence-corrected chi connectivity index (χ3v) is 4.37. The maximum absolute atomic E-state index is 9.36. The topological polar surface area (TPSA) is 98.5 Å². The number of hydrogen-bond donors (Lipinski definition) is 4. The van der Waals surface area contributed by atoms with Gasteiger partial charge in [0, 0.05) is 4.88 Å². The lowest BCUT2D eigenvalue weighted by molar-refractivity contribution is 0.0832. The molecule has 0 aromatic carbocycles. The Hall–Kier alpha value is -1.28. The molecule has 2 rings (SSSR count). The Balaban J connectivity index is 2.51. The summed E-state index contributed by atoms with van der Waals surface area (Å²) in [6.07, 6.45) is 1.43. The minimum Gasteiger partial charge on any atom is -0.394 e. The summed E-state index contributed by atoms with van der Waals surface area (Å²) >= 11 is 1.56. The first-order valence-electron chi connectivity index (χ1n) is 5.88. The van der Waals surface area contributed by atoms with Gasteiger partial charge in [-0.1, -0.05) is 0 Å². The molecule has 0 unspecified atom stereocenters. The summed E-state index contributed by atoms with van der Waals surface area (Å²) in [5.41, 5.74) is -0.130. The zero-order valence-electron chi connectivity index (χ0n) is 10.8. The van der Waals surface area contributed by atoms with Crippen LogP contribution < -0.4 is 5.32 Å². The van der Waals surface area contributed by atoms with Gasteiger partial charge in [0.2, 0.25) is 0 Å². The Morgan fingerprint density at radius 3 is 2.37 bits per heavy atom. The van der Waals surface area contributed by atoms with Crippen molar-refractivity contribution >= 4 is 27.4 Å². The van der Waals surface area contributed by atoms with Gasteiger partial charge in [-0.3, -0.25) is 0 Å². The van der Waals surface area contributed by atoms with Crippen molar-refractivity contribution in [2.45, 2.75) is 19.4 Å². The highest BCUT2D eigenvalue weighted by Crippen LogP contribution is 2.33. The van der Waals surface area contributed by atoms with E-state index in [1.165, 1.54) is 6.33 Å². The molecule has 7 heteroatoms. The predicted octanol–water partition coefficient (Wildman–Crippen LogP) is 0.436. The molecule has 0 saturated heterocycles. The van der Waals surface area contributed by atoms with E-state index >= 15 is 0 Å². The van der Waals surface area contributed by atoms with E-state index in [0.717, 1.165) is 20.7 Å². The smallest absolute Gasteiger partial charge is 0.139 e. The molecule has 0 radical (unpaired) electrons. The number of nitrogens with one attached hydrogen (secondary N) is 1. The second-order valence-electron chi connectivity index (χ2n) is 4.57. The van der Waals surface area contributed by atoms with Crippen LogP contribution >= 0.6 is 11.3 Å². The van der Waals surface area contributed by atoms with Crippen LogP contribution in [0.25, 0.3) is 10.2 Å². The lowest BCUT2D eigenvalue weighted by Gasteiger charge is -2.29. The van der Waals surface area contributed by atoms with Crippen molar-refractivity contribution in [2.75, 3.05) is 25.1 Å². The molecule has 0 aliphatic carbocycles. The molecule has 0 atom stereocenters. The van der Waals surface area contributed by atoms with Crippen molar-refractivity contribution < 1.29 is 15.3 Å². The van der Waals surface area contributed by atoms with E-state index in [0.29, 0.717) is 5.82 Å². The molecular weight excluding hydrogens is 266 g/mol. The molecular formula is C12H17N3O3S. The molecule has 0 fully saturated rings. The average Bonchev–Trinajstić information content (AvgIpc) is 2.73. The lowest BCUT2D eigenvalue weighted by atomic mass is 10.0. The van der Waals surface area contributed by atoms with Crippen molar-refractivity contribution in [2.24, 2.45) is 0 Å². The zero-order valence-corrected chi connectivity index (χ0v) is 11.7. The van der Waals surface area contributed by atoms with Gasteiger partial charge in [0.05, 0.1) is 25.2 Å². The summed E-state index contributed by atoms with van der Waals surface area (Å²) in [5, 5.41) is 31.9. The second kappa shape index (κ2) is 5.38. The van der Waals surface area contributed by atoms with Crippen molar-refractivity contribution in [3.63, 3.8) is 0 Å². The van der Waals surface area contributed by atoms with Crippen LogP contribution in [0.1, 0.15) is 10.4 Å². The van der Waals surface area contributed by atoms with E-state index in [1.54, 1.807) is 11.3 Å². The number of aliphatic hydroxyl groups is 3. The summed E-state index contributed by atoms with van der Waals surface area (Å²) < 4.78 is 0. The largest absolute Gasteiger partial charge is 0.394 e. The van der Waals surface area contributed by atoms with Gasteiger partial charge < -0.3 is 20.6 Å². The first kappa shape index (κ1) is 14.1. The van der Waals surface area contributed by atoms with Crippen molar-refractivity contribution in [1.29, 1.82) is 0 Å². The lowest BCUT2D eigenvalue weighted by Crippen LogP contribution is -2.49. The summed E-state index contributed by atoms with van der Waals surface area (Å²) in [6.45, 7) is 2.79. The molecule has 2 heterocycles. The Morgan fingerprint density at radius 1 is 1.16 bits per heavy atom. The average molecular weight is 283 g/mol. The highest BCUT2D eigenvalue weighted by Gasteiger charge is 2.29. The number of nitrogens with zero attached hydrogens (tertiary/aromatic N) is 2. The minimum atomic E-state index is -1.19. The summed E-state index contributed by atoms with van der Waals surface area (Å²) in [5.74, 6) is 0.518. The molecule has 6 nitrogen and oxygen atoms in total. The number of thiophene rings is 1. The molecule has 2 aromatic rings. The van der Waals surface area contributed by atoms with Crippen LogP contribution in [0, 0.1) is 13.8 Å². The SMILES string of the molecule is Cc1sc2ncnc(NC(CO)(CO)CO)c2c1C. The molecule has 4 N–H and O–H groups in total. The van der Waals surface area contributed by atoms with Crippen LogP contribution in [0.5, 0.6) is 0 Å².